The number of hydrogen-bond donors (Lipinski definition) is 1. The van der Waals surface area contributed by atoms with Gasteiger partial charge < -0.3 is 9.80 Å². The number of carbonyl (C=O) groups is 1. The van der Waals surface area contributed by atoms with Crippen molar-refractivity contribution in [3.8, 4) is 0 Å². The summed E-state index contributed by atoms with van der Waals surface area (Å²) in [5.74, 6) is 0.0347. The maximum Gasteiger partial charge on any atom is 0.274 e. The Bertz CT molecular complexity index is 352. The molecule has 0 saturated carbocycles. The van der Waals surface area contributed by atoms with Crippen molar-refractivity contribution in [3.05, 3.63) is 17.5 Å². The van der Waals surface area contributed by atoms with Crippen LogP contribution in [0.3, 0.4) is 0 Å². The van der Waals surface area contributed by atoms with Crippen LogP contribution in [-0.4, -0.2) is 59.1 Å². The summed E-state index contributed by atoms with van der Waals surface area (Å²) in [5, 5.41) is 6.77. The van der Waals surface area contributed by atoms with Gasteiger partial charge in [-0.05, 0) is 20.0 Å². The van der Waals surface area contributed by atoms with Gasteiger partial charge in [0.2, 0.25) is 0 Å². The molecule has 15 heavy (non-hydrogen) atoms. The molecule has 0 aliphatic carbocycles. The van der Waals surface area contributed by atoms with Crippen LogP contribution in [0.5, 0.6) is 0 Å². The van der Waals surface area contributed by atoms with Gasteiger partial charge in [0, 0.05) is 31.9 Å². The molecule has 0 radical (unpaired) electrons. The summed E-state index contributed by atoms with van der Waals surface area (Å²) in [6.07, 6.45) is 0. The standard InChI is InChI=1S/C10H16N4O/c1-8-7-9(12-11-8)10(15)14-5-3-13(2)4-6-14/h7H,3-6H2,1-2H3,(H,11,12). The molecule has 1 amide bonds. The quantitative estimate of drug-likeness (QED) is 0.712. The normalized spacial score (nSPS) is 18.1. The van der Waals surface area contributed by atoms with E-state index in [1.165, 1.54) is 0 Å². The highest BCUT2D eigenvalue weighted by Gasteiger charge is 2.21. The number of H-pyrrole nitrogens is 1. The lowest BCUT2D eigenvalue weighted by atomic mass is 10.3. The number of nitrogens with one attached hydrogen (secondary N) is 1. The Labute approximate surface area is 89.1 Å². The van der Waals surface area contributed by atoms with Gasteiger partial charge in [0.25, 0.3) is 5.91 Å². The van der Waals surface area contributed by atoms with Gasteiger partial charge in [0.15, 0.2) is 0 Å². The van der Waals surface area contributed by atoms with E-state index in [-0.39, 0.29) is 5.91 Å². The van der Waals surface area contributed by atoms with Crippen molar-refractivity contribution in [2.75, 3.05) is 33.2 Å². The second-order valence-electron chi connectivity index (χ2n) is 4.03. The fraction of sp³-hybridized carbons (Fsp3) is 0.600. The molecule has 1 saturated heterocycles. The third-order valence-corrected chi connectivity index (χ3v) is 2.72. The lowest BCUT2D eigenvalue weighted by molar-refractivity contribution is 0.0658. The average molecular weight is 208 g/mol. The van der Waals surface area contributed by atoms with E-state index in [1.807, 2.05) is 11.8 Å². The molecular weight excluding hydrogens is 192 g/mol. The molecule has 5 nitrogen and oxygen atoms in total. The third kappa shape index (κ3) is 2.18. The first-order chi connectivity index (χ1) is 7.16. The van der Waals surface area contributed by atoms with Gasteiger partial charge in [0.1, 0.15) is 5.69 Å². The predicted octanol–water partition coefficient (Wildman–Crippen LogP) is 0.106. The molecule has 0 atom stereocenters. The number of amides is 1. The SMILES string of the molecule is Cc1cc(C(=O)N2CCN(C)CC2)n[nH]1. The van der Waals surface area contributed by atoms with E-state index in [9.17, 15) is 4.79 Å². The van der Waals surface area contributed by atoms with E-state index in [0.29, 0.717) is 5.69 Å². The summed E-state index contributed by atoms with van der Waals surface area (Å²) in [5.41, 5.74) is 1.45. The second kappa shape index (κ2) is 4.02. The number of aromatic amines is 1. The van der Waals surface area contributed by atoms with Crippen LogP contribution in [0.1, 0.15) is 16.2 Å². The molecular formula is C10H16N4O. The molecule has 0 unspecified atom stereocenters. The predicted molar refractivity (Wildman–Crippen MR) is 56.7 cm³/mol. The van der Waals surface area contributed by atoms with Crippen LogP contribution in [0.4, 0.5) is 0 Å². The minimum atomic E-state index is 0.0347. The van der Waals surface area contributed by atoms with Gasteiger partial charge in [-0.3, -0.25) is 9.89 Å². The van der Waals surface area contributed by atoms with Crippen molar-refractivity contribution in [2.45, 2.75) is 6.92 Å². The molecule has 0 bridgehead atoms. The first-order valence-electron chi connectivity index (χ1n) is 5.16. The number of hydrogen-bond acceptors (Lipinski definition) is 3. The van der Waals surface area contributed by atoms with Gasteiger partial charge in [-0.15, -0.1) is 0 Å². The largest absolute Gasteiger partial charge is 0.335 e. The summed E-state index contributed by atoms with van der Waals surface area (Å²) in [6, 6.07) is 1.79. The van der Waals surface area contributed by atoms with Gasteiger partial charge in [-0.2, -0.15) is 5.10 Å². The maximum atomic E-state index is 11.9. The molecule has 82 valence electrons. The van der Waals surface area contributed by atoms with Gasteiger partial charge in [-0.25, -0.2) is 0 Å². The number of nitrogens with zero attached hydrogens (tertiary/aromatic N) is 3. The van der Waals surface area contributed by atoms with Crippen molar-refractivity contribution >= 4 is 5.91 Å². The summed E-state index contributed by atoms with van der Waals surface area (Å²) >= 11 is 0. The number of aryl methyl sites for hydroxylation is 1. The van der Waals surface area contributed by atoms with E-state index >= 15 is 0 Å². The smallest absolute Gasteiger partial charge is 0.274 e. The molecule has 1 fully saturated rings. The van der Waals surface area contributed by atoms with E-state index in [4.69, 9.17) is 0 Å². The molecule has 2 rings (SSSR count). The number of carbonyl (C=O) groups excluding carboxylic acids is 1. The highest BCUT2D eigenvalue weighted by molar-refractivity contribution is 5.92. The van der Waals surface area contributed by atoms with Crippen LogP contribution >= 0.6 is 0 Å². The maximum absolute atomic E-state index is 11.9. The van der Waals surface area contributed by atoms with Crippen LogP contribution in [0.15, 0.2) is 6.07 Å². The van der Waals surface area contributed by atoms with Gasteiger partial charge in [0.05, 0.1) is 0 Å². The topological polar surface area (TPSA) is 52.2 Å². The lowest BCUT2D eigenvalue weighted by Gasteiger charge is -2.31. The minimum absolute atomic E-state index is 0.0347. The Kier molecular flexibility index (Phi) is 2.73. The Morgan fingerprint density at radius 3 is 2.60 bits per heavy atom. The first-order valence-corrected chi connectivity index (χ1v) is 5.16. The Hall–Kier alpha value is -1.36. The zero-order chi connectivity index (χ0) is 10.8. The summed E-state index contributed by atoms with van der Waals surface area (Å²) in [7, 11) is 2.07. The second-order valence-corrected chi connectivity index (χ2v) is 4.03. The summed E-state index contributed by atoms with van der Waals surface area (Å²) in [4.78, 5) is 16.0. The van der Waals surface area contributed by atoms with E-state index in [0.717, 1.165) is 31.9 Å². The Morgan fingerprint density at radius 1 is 1.40 bits per heavy atom. The minimum Gasteiger partial charge on any atom is -0.335 e. The Morgan fingerprint density at radius 2 is 2.07 bits per heavy atom. The number of piperazine rings is 1. The van der Waals surface area contributed by atoms with Crippen molar-refractivity contribution in [2.24, 2.45) is 0 Å². The van der Waals surface area contributed by atoms with Gasteiger partial charge >= 0.3 is 0 Å². The van der Waals surface area contributed by atoms with Crippen molar-refractivity contribution in [1.29, 1.82) is 0 Å². The molecule has 5 heteroatoms. The molecule has 1 aromatic rings. The van der Waals surface area contributed by atoms with Crippen molar-refractivity contribution in [3.63, 3.8) is 0 Å². The lowest BCUT2D eigenvalue weighted by Crippen LogP contribution is -2.47. The summed E-state index contributed by atoms with van der Waals surface area (Å²) in [6.45, 7) is 5.36. The highest BCUT2D eigenvalue weighted by atomic mass is 16.2. The van der Waals surface area contributed by atoms with Crippen LogP contribution < -0.4 is 0 Å². The monoisotopic (exact) mass is 208 g/mol. The van der Waals surface area contributed by atoms with Gasteiger partial charge in [-0.1, -0.05) is 0 Å². The van der Waals surface area contributed by atoms with Crippen molar-refractivity contribution < 1.29 is 4.79 Å². The van der Waals surface area contributed by atoms with Crippen LogP contribution in [0.2, 0.25) is 0 Å². The molecule has 1 aliphatic heterocycles. The zero-order valence-electron chi connectivity index (χ0n) is 9.16. The molecule has 1 aromatic heterocycles. The molecule has 1 aliphatic rings. The van der Waals surface area contributed by atoms with E-state index in [2.05, 4.69) is 22.1 Å². The number of aromatic nitrogens is 2. The fourth-order valence-electron chi connectivity index (χ4n) is 1.70. The first kappa shape index (κ1) is 10.2. The summed E-state index contributed by atoms with van der Waals surface area (Å²) < 4.78 is 0. The molecule has 0 aromatic carbocycles. The average Bonchev–Trinajstić information content (AvgIpc) is 2.65. The Balaban J connectivity index is 2.02. The number of likely N-dealkylation sites (N-methyl/N-ethyl adjacent to an activating group) is 1. The fourth-order valence-corrected chi connectivity index (χ4v) is 1.70. The molecule has 0 spiro atoms. The van der Waals surface area contributed by atoms with Crippen molar-refractivity contribution in [1.82, 2.24) is 20.0 Å². The zero-order valence-corrected chi connectivity index (χ0v) is 9.16. The molecule has 1 N–H and O–H groups in total. The van der Waals surface area contributed by atoms with Crippen LogP contribution in [0, 0.1) is 6.92 Å². The van der Waals surface area contributed by atoms with E-state index in [1.54, 1.807) is 6.07 Å². The third-order valence-electron chi connectivity index (χ3n) is 2.72. The van der Waals surface area contributed by atoms with Crippen LogP contribution in [-0.2, 0) is 0 Å². The number of rotatable bonds is 1. The molecule has 2 heterocycles. The van der Waals surface area contributed by atoms with Crippen LogP contribution in [0.25, 0.3) is 0 Å². The highest BCUT2D eigenvalue weighted by Crippen LogP contribution is 2.06. The van der Waals surface area contributed by atoms with E-state index < -0.39 is 0 Å².